The maximum Gasteiger partial charge on any atom is 0.219 e. The lowest BCUT2D eigenvalue weighted by Crippen LogP contribution is -2.18. The van der Waals surface area contributed by atoms with Crippen LogP contribution in [-0.2, 0) is 5.67 Å². The summed E-state index contributed by atoms with van der Waals surface area (Å²) in [5.74, 6) is 0.857. The summed E-state index contributed by atoms with van der Waals surface area (Å²) in [5, 5.41) is 0. The van der Waals surface area contributed by atoms with Crippen molar-refractivity contribution in [3.63, 3.8) is 0 Å². The van der Waals surface area contributed by atoms with Crippen LogP contribution in [0, 0.1) is 5.92 Å². The number of Topliss-reactive ketones (excluding diaryl/α,β-unsaturated/α-hetero) is 1. The third-order valence-corrected chi connectivity index (χ3v) is 4.70. The van der Waals surface area contributed by atoms with E-state index >= 15 is 0 Å². The quantitative estimate of drug-likeness (QED) is 0.504. The third-order valence-electron chi connectivity index (χ3n) is 4.17. The molecule has 0 bridgehead atoms. The van der Waals surface area contributed by atoms with Gasteiger partial charge in [-0.3, -0.25) is 9.79 Å². The number of ether oxygens (including phenoxy) is 1. The van der Waals surface area contributed by atoms with Crippen molar-refractivity contribution in [3.05, 3.63) is 64.4 Å². The van der Waals surface area contributed by atoms with Gasteiger partial charge >= 0.3 is 0 Å². The van der Waals surface area contributed by atoms with Crippen LogP contribution in [0.1, 0.15) is 42.7 Å². The molecule has 1 aliphatic heterocycles. The minimum atomic E-state index is -1.77. The van der Waals surface area contributed by atoms with Gasteiger partial charge in [-0.1, -0.05) is 22.0 Å². The number of hydrogen-bond acceptors (Lipinski definition) is 4. The summed E-state index contributed by atoms with van der Waals surface area (Å²) >= 11 is 3.36. The van der Waals surface area contributed by atoms with Crippen LogP contribution in [0.4, 0.5) is 4.39 Å². The molecule has 0 saturated heterocycles. The molecule has 6 heteroatoms. The zero-order valence-electron chi connectivity index (χ0n) is 15.2. The molecule has 140 valence electrons. The summed E-state index contributed by atoms with van der Waals surface area (Å²) in [4.78, 5) is 21.0. The van der Waals surface area contributed by atoms with Crippen molar-refractivity contribution in [2.45, 2.75) is 32.4 Å². The van der Waals surface area contributed by atoms with Gasteiger partial charge in [0.1, 0.15) is 11.4 Å². The van der Waals surface area contributed by atoms with Crippen molar-refractivity contribution in [1.29, 1.82) is 0 Å². The highest BCUT2D eigenvalue weighted by atomic mass is 79.9. The van der Waals surface area contributed by atoms with Gasteiger partial charge in [-0.15, -0.1) is 0 Å². The predicted molar refractivity (Wildman–Crippen MR) is 107 cm³/mol. The van der Waals surface area contributed by atoms with E-state index in [9.17, 15) is 9.18 Å². The maximum atomic E-state index is 14.7. The van der Waals surface area contributed by atoms with Gasteiger partial charge in [0, 0.05) is 40.9 Å². The standard InChI is InChI=1S/C21H20BrFN2O2/c1-21(2,23)20-17(18(26)9-3-14-11-12-24-13-14)8-10-19(25-20)27-16-6-4-15(22)5-7-16/h4-8,10-14H,3,9H2,1-2H3. The van der Waals surface area contributed by atoms with E-state index in [1.807, 2.05) is 18.2 Å². The molecule has 2 aromatic rings. The largest absolute Gasteiger partial charge is 0.439 e. The zero-order valence-corrected chi connectivity index (χ0v) is 16.7. The van der Waals surface area contributed by atoms with Gasteiger partial charge in [-0.05, 0) is 50.6 Å². The molecule has 0 amide bonds. The van der Waals surface area contributed by atoms with E-state index < -0.39 is 5.67 Å². The maximum absolute atomic E-state index is 14.7. The highest BCUT2D eigenvalue weighted by Gasteiger charge is 2.28. The second-order valence-corrected chi connectivity index (χ2v) is 7.76. The first-order valence-corrected chi connectivity index (χ1v) is 9.49. The second-order valence-electron chi connectivity index (χ2n) is 6.84. The van der Waals surface area contributed by atoms with Crippen LogP contribution in [0.2, 0.25) is 0 Å². The molecule has 1 unspecified atom stereocenters. The molecule has 1 aliphatic rings. The fraction of sp³-hybridized carbons (Fsp3) is 0.286. The van der Waals surface area contributed by atoms with Gasteiger partial charge in [-0.25, -0.2) is 9.37 Å². The van der Waals surface area contributed by atoms with Crippen LogP contribution in [0.5, 0.6) is 11.6 Å². The van der Waals surface area contributed by atoms with Crippen LogP contribution < -0.4 is 4.74 Å². The lowest BCUT2D eigenvalue weighted by Gasteiger charge is -2.18. The van der Waals surface area contributed by atoms with E-state index in [2.05, 4.69) is 25.9 Å². The third kappa shape index (κ3) is 5.10. The molecule has 0 fully saturated rings. The number of ketones is 1. The van der Waals surface area contributed by atoms with Gasteiger partial charge in [0.25, 0.3) is 0 Å². The second kappa shape index (κ2) is 8.13. The smallest absolute Gasteiger partial charge is 0.219 e. The molecule has 0 radical (unpaired) electrons. The van der Waals surface area contributed by atoms with Crippen molar-refractivity contribution < 1.29 is 13.9 Å². The number of benzene rings is 1. The normalized spacial score (nSPS) is 15.9. The minimum Gasteiger partial charge on any atom is -0.439 e. The SMILES string of the molecule is CC(C)(F)c1nc(Oc2ccc(Br)cc2)ccc1C(=O)CCC1C=CN=C1. The number of aromatic nitrogens is 1. The number of carbonyl (C=O) groups excluding carboxylic acids is 1. The minimum absolute atomic E-state index is 0.0951. The molecule has 3 rings (SSSR count). The van der Waals surface area contributed by atoms with Crippen LogP contribution in [0.15, 0.2) is 58.1 Å². The van der Waals surface area contributed by atoms with Crippen molar-refractivity contribution in [2.24, 2.45) is 10.9 Å². The Morgan fingerprint density at radius 2 is 1.96 bits per heavy atom. The number of carbonyl (C=O) groups is 1. The summed E-state index contributed by atoms with van der Waals surface area (Å²) in [7, 11) is 0. The molecule has 27 heavy (non-hydrogen) atoms. The Hall–Kier alpha value is -2.34. The summed E-state index contributed by atoms with van der Waals surface area (Å²) in [5.41, 5.74) is -1.37. The lowest BCUT2D eigenvalue weighted by molar-refractivity contribution is 0.0970. The van der Waals surface area contributed by atoms with Crippen molar-refractivity contribution in [2.75, 3.05) is 0 Å². The van der Waals surface area contributed by atoms with Crippen LogP contribution >= 0.6 is 15.9 Å². The van der Waals surface area contributed by atoms with Crippen molar-refractivity contribution in [3.8, 4) is 11.6 Å². The Bertz CT molecular complexity index is 874. The molecule has 0 saturated carbocycles. The fourth-order valence-electron chi connectivity index (χ4n) is 2.77. The molecular weight excluding hydrogens is 411 g/mol. The first-order chi connectivity index (χ1) is 12.8. The van der Waals surface area contributed by atoms with E-state index in [1.54, 1.807) is 36.7 Å². The molecule has 0 aliphatic carbocycles. The Kier molecular flexibility index (Phi) is 5.85. The molecular formula is C21H20BrFN2O2. The van der Waals surface area contributed by atoms with Crippen LogP contribution in [-0.4, -0.2) is 17.0 Å². The number of nitrogens with zero attached hydrogens (tertiary/aromatic N) is 2. The van der Waals surface area contributed by atoms with Gasteiger partial charge < -0.3 is 4.74 Å². The monoisotopic (exact) mass is 430 g/mol. The zero-order chi connectivity index (χ0) is 19.4. The fourth-order valence-corrected chi connectivity index (χ4v) is 3.04. The van der Waals surface area contributed by atoms with Gasteiger partial charge in [0.05, 0.1) is 5.69 Å². The topological polar surface area (TPSA) is 51.5 Å². The van der Waals surface area contributed by atoms with E-state index in [-0.39, 0.29) is 23.3 Å². The molecule has 1 atom stereocenters. The lowest BCUT2D eigenvalue weighted by atomic mass is 9.94. The Morgan fingerprint density at radius 3 is 2.59 bits per heavy atom. The van der Waals surface area contributed by atoms with Gasteiger partial charge in [-0.2, -0.15) is 0 Å². The highest BCUT2D eigenvalue weighted by Crippen LogP contribution is 2.31. The van der Waals surface area contributed by atoms with Crippen LogP contribution in [0.25, 0.3) is 0 Å². The van der Waals surface area contributed by atoms with E-state index in [0.717, 1.165) is 4.47 Å². The first kappa shape index (κ1) is 19.4. The molecule has 4 nitrogen and oxygen atoms in total. The van der Waals surface area contributed by atoms with E-state index in [0.29, 0.717) is 24.2 Å². The summed E-state index contributed by atoms with van der Waals surface area (Å²) < 4.78 is 21.4. The van der Waals surface area contributed by atoms with Gasteiger partial charge in [0.2, 0.25) is 5.88 Å². The van der Waals surface area contributed by atoms with Gasteiger partial charge in [0.15, 0.2) is 5.78 Å². The van der Waals surface area contributed by atoms with E-state index in [4.69, 9.17) is 4.74 Å². The van der Waals surface area contributed by atoms with Crippen molar-refractivity contribution >= 4 is 27.9 Å². The Labute approximate surface area is 166 Å². The number of allylic oxidation sites excluding steroid dienone is 1. The molecule has 2 heterocycles. The summed E-state index contributed by atoms with van der Waals surface area (Å²) in [6.45, 7) is 2.78. The first-order valence-electron chi connectivity index (χ1n) is 8.70. The molecule has 0 spiro atoms. The average Bonchev–Trinajstić information content (AvgIpc) is 3.14. The number of rotatable bonds is 7. The summed E-state index contributed by atoms with van der Waals surface area (Å²) in [6.07, 6.45) is 6.42. The average molecular weight is 431 g/mol. The molecule has 0 N–H and O–H groups in total. The number of aliphatic imine (C=N–C) groups is 1. The summed E-state index contributed by atoms with van der Waals surface area (Å²) in [6, 6.07) is 10.4. The Morgan fingerprint density at radius 1 is 1.22 bits per heavy atom. The predicted octanol–water partition coefficient (Wildman–Crippen LogP) is 6.02. The van der Waals surface area contributed by atoms with Crippen LogP contribution in [0.3, 0.4) is 0 Å². The highest BCUT2D eigenvalue weighted by molar-refractivity contribution is 9.10. The van der Waals surface area contributed by atoms with Crippen molar-refractivity contribution in [1.82, 2.24) is 4.98 Å². The number of halogens is 2. The molecule has 1 aromatic heterocycles. The number of pyridine rings is 1. The number of hydrogen-bond donors (Lipinski definition) is 0. The number of alkyl halides is 1. The molecule has 1 aromatic carbocycles. The van der Waals surface area contributed by atoms with E-state index in [1.165, 1.54) is 13.8 Å². The Balaban J connectivity index is 1.81.